The first-order valence-electron chi connectivity index (χ1n) is 6.72. The summed E-state index contributed by atoms with van der Waals surface area (Å²) in [5.41, 5.74) is 7.08. The minimum Gasteiger partial charge on any atom is -0.395 e. The molecule has 1 aromatic rings. The molecule has 0 aromatic heterocycles. The number of hydrogen-bond acceptors (Lipinski definition) is 5. The van der Waals surface area contributed by atoms with Crippen LogP contribution in [0.5, 0.6) is 0 Å². The van der Waals surface area contributed by atoms with Gasteiger partial charge >= 0.3 is 0 Å². The molecule has 0 atom stereocenters. The fourth-order valence-electron chi connectivity index (χ4n) is 1.84. The lowest BCUT2D eigenvalue weighted by Crippen LogP contribution is -2.37. The van der Waals surface area contributed by atoms with Gasteiger partial charge in [-0.1, -0.05) is 12.1 Å². The minimum absolute atomic E-state index is 0.0362. The highest BCUT2D eigenvalue weighted by Crippen LogP contribution is 2.03. The van der Waals surface area contributed by atoms with Gasteiger partial charge in [0.1, 0.15) is 0 Å². The number of hydrogen-bond donors (Lipinski definition) is 4. The maximum atomic E-state index is 11.9. The lowest BCUT2D eigenvalue weighted by Gasteiger charge is -2.20. The van der Waals surface area contributed by atoms with Gasteiger partial charge in [0.2, 0.25) is 0 Å². The zero-order chi connectivity index (χ0) is 14.8. The molecule has 0 aliphatic heterocycles. The number of amides is 1. The number of benzene rings is 1. The molecule has 0 saturated heterocycles. The first-order chi connectivity index (χ1) is 9.71. The van der Waals surface area contributed by atoms with E-state index < -0.39 is 0 Å². The molecule has 6 heteroatoms. The smallest absolute Gasteiger partial charge is 0.251 e. The van der Waals surface area contributed by atoms with E-state index in [1.54, 1.807) is 12.1 Å². The number of nitrogens with one attached hydrogen (secondary N) is 1. The molecule has 0 unspecified atom stereocenters. The van der Waals surface area contributed by atoms with Crippen molar-refractivity contribution in [2.45, 2.75) is 6.54 Å². The van der Waals surface area contributed by atoms with Crippen LogP contribution in [0.4, 0.5) is 0 Å². The van der Waals surface area contributed by atoms with E-state index in [4.69, 9.17) is 15.9 Å². The molecule has 0 spiro atoms. The molecule has 0 fully saturated rings. The van der Waals surface area contributed by atoms with E-state index in [1.165, 1.54) is 0 Å². The predicted octanol–water partition coefficient (Wildman–Crippen LogP) is -0.838. The van der Waals surface area contributed by atoms with Gasteiger partial charge in [0.05, 0.1) is 13.2 Å². The van der Waals surface area contributed by atoms with Crippen LogP contribution in [0.2, 0.25) is 0 Å². The van der Waals surface area contributed by atoms with Crippen molar-refractivity contribution in [2.75, 3.05) is 39.4 Å². The molecule has 0 radical (unpaired) electrons. The van der Waals surface area contributed by atoms with E-state index in [0.717, 1.165) is 5.56 Å². The number of nitrogens with zero attached hydrogens (tertiary/aromatic N) is 1. The van der Waals surface area contributed by atoms with E-state index in [-0.39, 0.29) is 19.1 Å². The molecule has 1 rings (SSSR count). The van der Waals surface area contributed by atoms with Crippen LogP contribution in [0, 0.1) is 0 Å². The van der Waals surface area contributed by atoms with Gasteiger partial charge in [-0.05, 0) is 17.7 Å². The maximum Gasteiger partial charge on any atom is 0.251 e. The lowest BCUT2D eigenvalue weighted by molar-refractivity contribution is 0.0944. The minimum atomic E-state index is -0.137. The number of nitrogens with two attached hydrogens (primary N) is 1. The Bertz CT molecular complexity index is 389. The quantitative estimate of drug-likeness (QED) is 0.473. The molecule has 0 saturated carbocycles. The molecule has 0 heterocycles. The summed E-state index contributed by atoms with van der Waals surface area (Å²) in [6, 6.07) is 7.16. The summed E-state index contributed by atoms with van der Waals surface area (Å²) in [4.78, 5) is 13.8. The molecule has 0 bridgehead atoms. The Kier molecular flexibility index (Phi) is 7.82. The summed E-state index contributed by atoms with van der Waals surface area (Å²) >= 11 is 0. The van der Waals surface area contributed by atoms with Crippen LogP contribution in [0.3, 0.4) is 0 Å². The van der Waals surface area contributed by atoms with Gasteiger partial charge in [0.25, 0.3) is 5.91 Å². The van der Waals surface area contributed by atoms with Gasteiger partial charge in [-0.3, -0.25) is 9.69 Å². The van der Waals surface area contributed by atoms with Crippen LogP contribution < -0.4 is 11.1 Å². The van der Waals surface area contributed by atoms with E-state index >= 15 is 0 Å². The topological polar surface area (TPSA) is 98.8 Å². The first-order valence-corrected chi connectivity index (χ1v) is 6.72. The van der Waals surface area contributed by atoms with Crippen molar-refractivity contribution in [2.24, 2.45) is 5.73 Å². The zero-order valence-electron chi connectivity index (χ0n) is 11.6. The van der Waals surface area contributed by atoms with Crippen molar-refractivity contribution >= 4 is 5.91 Å². The fourth-order valence-corrected chi connectivity index (χ4v) is 1.84. The van der Waals surface area contributed by atoms with Crippen molar-refractivity contribution in [3.05, 3.63) is 35.4 Å². The van der Waals surface area contributed by atoms with E-state index in [9.17, 15) is 4.79 Å². The van der Waals surface area contributed by atoms with Crippen LogP contribution in [-0.4, -0.2) is 60.4 Å². The number of carbonyl (C=O) groups excluding carboxylic acids is 1. The monoisotopic (exact) mass is 281 g/mol. The Labute approximate surface area is 119 Å². The highest BCUT2D eigenvalue weighted by atomic mass is 16.3. The average molecular weight is 281 g/mol. The Morgan fingerprint density at radius 2 is 1.70 bits per heavy atom. The van der Waals surface area contributed by atoms with Crippen LogP contribution in [0.25, 0.3) is 0 Å². The SMILES string of the molecule is NCc1ccc(C(=O)NCCN(CCO)CCO)cc1. The Hall–Kier alpha value is -1.47. The third-order valence-corrected chi connectivity index (χ3v) is 3.00. The number of rotatable bonds is 9. The summed E-state index contributed by atoms with van der Waals surface area (Å²) in [7, 11) is 0. The molecule has 6 nitrogen and oxygen atoms in total. The molecular weight excluding hydrogens is 258 g/mol. The lowest BCUT2D eigenvalue weighted by atomic mass is 10.1. The van der Waals surface area contributed by atoms with Crippen LogP contribution in [0.1, 0.15) is 15.9 Å². The van der Waals surface area contributed by atoms with E-state index in [0.29, 0.717) is 38.3 Å². The van der Waals surface area contributed by atoms with Crippen molar-refractivity contribution in [3.63, 3.8) is 0 Å². The summed E-state index contributed by atoms with van der Waals surface area (Å²) in [6.45, 7) is 2.57. The second-order valence-corrected chi connectivity index (χ2v) is 4.45. The summed E-state index contributed by atoms with van der Waals surface area (Å²) < 4.78 is 0. The third-order valence-electron chi connectivity index (χ3n) is 3.00. The molecule has 20 heavy (non-hydrogen) atoms. The van der Waals surface area contributed by atoms with Gasteiger partial charge in [-0.2, -0.15) is 0 Å². The van der Waals surface area contributed by atoms with Crippen molar-refractivity contribution in [1.29, 1.82) is 0 Å². The first kappa shape index (κ1) is 16.6. The maximum absolute atomic E-state index is 11.9. The van der Waals surface area contributed by atoms with Crippen molar-refractivity contribution in [1.82, 2.24) is 10.2 Å². The molecule has 1 aromatic carbocycles. The average Bonchev–Trinajstić information content (AvgIpc) is 2.47. The van der Waals surface area contributed by atoms with Crippen molar-refractivity contribution < 1.29 is 15.0 Å². The summed E-state index contributed by atoms with van der Waals surface area (Å²) in [5, 5.41) is 20.6. The van der Waals surface area contributed by atoms with Gasteiger partial charge in [0, 0.05) is 38.3 Å². The number of aliphatic hydroxyl groups is 2. The Balaban J connectivity index is 2.37. The molecule has 112 valence electrons. The summed E-state index contributed by atoms with van der Waals surface area (Å²) in [6.07, 6.45) is 0. The van der Waals surface area contributed by atoms with Crippen LogP contribution >= 0.6 is 0 Å². The zero-order valence-corrected chi connectivity index (χ0v) is 11.6. The Morgan fingerprint density at radius 1 is 1.10 bits per heavy atom. The normalized spacial score (nSPS) is 10.8. The van der Waals surface area contributed by atoms with Crippen LogP contribution in [0.15, 0.2) is 24.3 Å². The second kappa shape index (κ2) is 9.44. The fraction of sp³-hybridized carbons (Fsp3) is 0.500. The standard InChI is InChI=1S/C14H23N3O3/c15-11-12-1-3-13(4-2-12)14(20)16-5-6-17(7-9-18)8-10-19/h1-4,18-19H,5-11,15H2,(H,16,20). The van der Waals surface area contributed by atoms with Gasteiger partial charge in [-0.15, -0.1) is 0 Å². The van der Waals surface area contributed by atoms with E-state index in [1.807, 2.05) is 17.0 Å². The number of aliphatic hydroxyl groups excluding tert-OH is 2. The highest BCUT2D eigenvalue weighted by molar-refractivity contribution is 5.94. The summed E-state index contributed by atoms with van der Waals surface area (Å²) in [5.74, 6) is -0.137. The molecule has 5 N–H and O–H groups in total. The van der Waals surface area contributed by atoms with Gasteiger partial charge in [0.15, 0.2) is 0 Å². The molecule has 0 aliphatic rings. The Morgan fingerprint density at radius 3 is 2.20 bits per heavy atom. The number of carbonyl (C=O) groups is 1. The predicted molar refractivity (Wildman–Crippen MR) is 77.3 cm³/mol. The molecule has 0 aliphatic carbocycles. The van der Waals surface area contributed by atoms with Crippen LogP contribution in [-0.2, 0) is 6.54 Å². The van der Waals surface area contributed by atoms with Gasteiger partial charge in [-0.25, -0.2) is 0 Å². The van der Waals surface area contributed by atoms with Crippen molar-refractivity contribution in [3.8, 4) is 0 Å². The third kappa shape index (κ3) is 5.66. The van der Waals surface area contributed by atoms with E-state index in [2.05, 4.69) is 5.32 Å². The highest BCUT2D eigenvalue weighted by Gasteiger charge is 2.07. The molecule has 1 amide bonds. The molecular formula is C14H23N3O3. The second-order valence-electron chi connectivity index (χ2n) is 4.45. The van der Waals surface area contributed by atoms with Gasteiger partial charge < -0.3 is 21.3 Å². The largest absolute Gasteiger partial charge is 0.395 e.